The summed E-state index contributed by atoms with van der Waals surface area (Å²) in [4.78, 5) is 1.60. The van der Waals surface area contributed by atoms with Gasteiger partial charge in [0.05, 0.1) is 33.0 Å². The van der Waals surface area contributed by atoms with Gasteiger partial charge in [-0.1, -0.05) is 18.2 Å². The zero-order valence-corrected chi connectivity index (χ0v) is 10.7. The highest BCUT2D eigenvalue weighted by molar-refractivity contribution is 5.32. The largest absolute Gasteiger partial charge is 0.493 e. The normalized spacial score (nSPS) is 16.7. The van der Waals surface area contributed by atoms with Crippen molar-refractivity contribution in [2.75, 3.05) is 39.5 Å². The van der Waals surface area contributed by atoms with Gasteiger partial charge in [0.15, 0.2) is 0 Å². The molecular formula is C14H22NO3+. The summed E-state index contributed by atoms with van der Waals surface area (Å²) >= 11 is 0. The van der Waals surface area contributed by atoms with E-state index < -0.39 is 0 Å². The molecule has 1 aromatic carbocycles. The number of hydrogen-bond acceptors (Lipinski definition) is 3. The number of aliphatic hydroxyl groups excluding tert-OH is 1. The molecule has 1 aliphatic heterocycles. The van der Waals surface area contributed by atoms with Crippen molar-refractivity contribution in [2.45, 2.75) is 13.0 Å². The fourth-order valence-electron chi connectivity index (χ4n) is 2.19. The Hall–Kier alpha value is -1.10. The van der Waals surface area contributed by atoms with Gasteiger partial charge in [-0.05, 0) is 6.07 Å². The Kier molecular flexibility index (Phi) is 5.45. The summed E-state index contributed by atoms with van der Waals surface area (Å²) in [7, 11) is 0. The lowest BCUT2D eigenvalue weighted by molar-refractivity contribution is -0.908. The molecule has 1 aromatic rings. The topological polar surface area (TPSA) is 43.1 Å². The summed E-state index contributed by atoms with van der Waals surface area (Å²) in [6.07, 6.45) is 1.04. The molecule has 2 rings (SSSR count). The lowest BCUT2D eigenvalue weighted by Crippen LogP contribution is -3.14. The average molecular weight is 252 g/mol. The number of nitrogens with one attached hydrogen (secondary N) is 1. The van der Waals surface area contributed by atoms with Crippen LogP contribution in [0.4, 0.5) is 0 Å². The van der Waals surface area contributed by atoms with Crippen LogP contribution in [0.5, 0.6) is 5.75 Å². The molecule has 100 valence electrons. The number of hydrogen-bond donors (Lipinski definition) is 2. The van der Waals surface area contributed by atoms with E-state index in [0.29, 0.717) is 6.61 Å². The van der Waals surface area contributed by atoms with E-state index >= 15 is 0 Å². The molecule has 1 fully saturated rings. The minimum Gasteiger partial charge on any atom is -0.493 e. The number of morpholine rings is 1. The molecule has 18 heavy (non-hydrogen) atoms. The highest BCUT2D eigenvalue weighted by Gasteiger charge is 2.12. The first-order valence-corrected chi connectivity index (χ1v) is 6.63. The van der Waals surface area contributed by atoms with Crippen molar-refractivity contribution in [1.82, 2.24) is 0 Å². The summed E-state index contributed by atoms with van der Waals surface area (Å²) in [5.74, 6) is 0.803. The van der Waals surface area contributed by atoms with E-state index in [9.17, 15) is 5.11 Å². The molecule has 1 aliphatic rings. The van der Waals surface area contributed by atoms with Crippen LogP contribution < -0.4 is 9.64 Å². The summed E-state index contributed by atoms with van der Waals surface area (Å²) in [6, 6.07) is 7.65. The Labute approximate surface area is 108 Å². The van der Waals surface area contributed by atoms with E-state index in [0.717, 1.165) is 50.6 Å². The fraction of sp³-hybridized carbons (Fsp3) is 0.571. The van der Waals surface area contributed by atoms with Crippen molar-refractivity contribution in [3.63, 3.8) is 0 Å². The van der Waals surface area contributed by atoms with Crippen LogP contribution in [0.25, 0.3) is 0 Å². The van der Waals surface area contributed by atoms with E-state index in [1.54, 1.807) is 4.90 Å². The molecule has 0 bridgehead atoms. The maximum Gasteiger partial charge on any atom is 0.124 e. The molecule has 0 spiro atoms. The molecule has 0 atom stereocenters. The average Bonchev–Trinajstić information content (AvgIpc) is 2.45. The third-order valence-electron chi connectivity index (χ3n) is 3.28. The minimum atomic E-state index is 0.0326. The van der Waals surface area contributed by atoms with Crippen LogP contribution >= 0.6 is 0 Å². The second-order valence-corrected chi connectivity index (χ2v) is 4.58. The van der Waals surface area contributed by atoms with Gasteiger partial charge in [-0.15, -0.1) is 0 Å². The molecule has 0 saturated carbocycles. The molecule has 0 aliphatic carbocycles. The molecule has 2 N–H and O–H groups in total. The molecule has 1 heterocycles. The van der Waals surface area contributed by atoms with Crippen molar-refractivity contribution in [2.24, 2.45) is 0 Å². The number of benzene rings is 1. The Bertz CT molecular complexity index is 351. The van der Waals surface area contributed by atoms with E-state index in [4.69, 9.17) is 9.47 Å². The van der Waals surface area contributed by atoms with Crippen LogP contribution in [0, 0.1) is 0 Å². The van der Waals surface area contributed by atoms with Crippen LogP contribution in [0.2, 0.25) is 0 Å². The van der Waals surface area contributed by atoms with Crippen molar-refractivity contribution < 1.29 is 19.5 Å². The predicted molar refractivity (Wildman–Crippen MR) is 68.9 cm³/mol. The Morgan fingerprint density at radius 1 is 1.22 bits per heavy atom. The van der Waals surface area contributed by atoms with Crippen molar-refractivity contribution in [3.05, 3.63) is 29.8 Å². The molecular weight excluding hydrogens is 230 g/mol. The van der Waals surface area contributed by atoms with Gasteiger partial charge >= 0.3 is 0 Å². The van der Waals surface area contributed by atoms with Gasteiger partial charge in [-0.25, -0.2) is 0 Å². The number of rotatable bonds is 6. The first-order valence-electron chi connectivity index (χ1n) is 6.63. The summed E-state index contributed by atoms with van der Waals surface area (Å²) < 4.78 is 11.0. The van der Waals surface area contributed by atoms with Gasteiger partial charge in [0.1, 0.15) is 18.8 Å². The van der Waals surface area contributed by atoms with Gasteiger partial charge in [0.2, 0.25) is 0 Å². The van der Waals surface area contributed by atoms with E-state index in [-0.39, 0.29) is 6.61 Å². The molecule has 0 radical (unpaired) electrons. The van der Waals surface area contributed by atoms with Gasteiger partial charge in [0.25, 0.3) is 0 Å². The molecule has 0 amide bonds. The molecule has 4 heteroatoms. The number of ether oxygens (including phenoxy) is 2. The first kappa shape index (κ1) is 13.3. The zero-order chi connectivity index (χ0) is 12.6. The van der Waals surface area contributed by atoms with Gasteiger partial charge in [-0.2, -0.15) is 0 Å². The molecule has 1 saturated heterocycles. The number of para-hydroxylation sites is 1. The highest BCUT2D eigenvalue weighted by atomic mass is 16.5. The third kappa shape index (κ3) is 3.98. The first-order chi connectivity index (χ1) is 8.90. The van der Waals surface area contributed by atoms with Gasteiger partial charge in [-0.3, -0.25) is 0 Å². The van der Waals surface area contributed by atoms with Crippen molar-refractivity contribution >= 4 is 0 Å². The Morgan fingerprint density at radius 3 is 2.78 bits per heavy atom. The maximum atomic E-state index is 9.18. The van der Waals surface area contributed by atoms with Crippen LogP contribution in [0.15, 0.2) is 24.3 Å². The second kappa shape index (κ2) is 7.36. The molecule has 4 nitrogen and oxygen atoms in total. The smallest absolute Gasteiger partial charge is 0.124 e. The third-order valence-corrected chi connectivity index (χ3v) is 3.28. The van der Waals surface area contributed by atoms with Crippen molar-refractivity contribution in [1.29, 1.82) is 0 Å². The van der Waals surface area contributed by atoms with Gasteiger partial charge < -0.3 is 19.5 Å². The van der Waals surface area contributed by atoms with Crippen LogP contribution in [0.3, 0.4) is 0 Å². The van der Waals surface area contributed by atoms with Gasteiger partial charge in [0, 0.05) is 12.0 Å². The lowest BCUT2D eigenvalue weighted by atomic mass is 10.2. The molecule has 0 aromatic heterocycles. The number of quaternary nitrogens is 1. The van der Waals surface area contributed by atoms with E-state index in [2.05, 4.69) is 0 Å². The van der Waals surface area contributed by atoms with Crippen LogP contribution in [-0.2, 0) is 11.3 Å². The SMILES string of the molecule is OCc1ccccc1OCCC[NH+]1CCOCC1. The Morgan fingerprint density at radius 2 is 2.00 bits per heavy atom. The fourth-order valence-corrected chi connectivity index (χ4v) is 2.19. The summed E-state index contributed by atoms with van der Waals surface area (Å²) in [5.41, 5.74) is 0.858. The standard InChI is InChI=1S/C14H21NO3/c16-12-13-4-1-2-5-14(13)18-9-3-6-15-7-10-17-11-8-15/h1-2,4-5,16H,3,6-12H2/p+1. The van der Waals surface area contributed by atoms with E-state index in [1.807, 2.05) is 24.3 Å². The van der Waals surface area contributed by atoms with E-state index in [1.165, 1.54) is 0 Å². The molecule has 0 unspecified atom stereocenters. The number of aliphatic hydroxyl groups is 1. The lowest BCUT2D eigenvalue weighted by Gasteiger charge is -2.23. The minimum absolute atomic E-state index is 0.0326. The quantitative estimate of drug-likeness (QED) is 0.693. The second-order valence-electron chi connectivity index (χ2n) is 4.58. The zero-order valence-electron chi connectivity index (χ0n) is 10.7. The highest BCUT2D eigenvalue weighted by Crippen LogP contribution is 2.17. The monoisotopic (exact) mass is 252 g/mol. The van der Waals surface area contributed by atoms with Crippen LogP contribution in [0.1, 0.15) is 12.0 Å². The summed E-state index contributed by atoms with van der Waals surface area (Å²) in [5, 5.41) is 9.18. The maximum absolute atomic E-state index is 9.18. The van der Waals surface area contributed by atoms with Crippen molar-refractivity contribution in [3.8, 4) is 5.75 Å². The Balaban J connectivity index is 1.68. The predicted octanol–water partition coefficient (Wildman–Crippen LogP) is -0.137. The summed E-state index contributed by atoms with van der Waals surface area (Å²) in [6.45, 7) is 5.84. The van der Waals surface area contributed by atoms with Crippen LogP contribution in [-0.4, -0.2) is 44.6 Å².